The number of aromatic nitrogens is 2. The van der Waals surface area contributed by atoms with Crippen molar-refractivity contribution >= 4 is 35.4 Å². The summed E-state index contributed by atoms with van der Waals surface area (Å²) in [6, 6.07) is 13.8. The van der Waals surface area contributed by atoms with E-state index in [1.165, 1.54) is 5.56 Å². The van der Waals surface area contributed by atoms with Crippen molar-refractivity contribution in [2.24, 2.45) is 0 Å². The number of aryl methyl sites for hydroxylation is 4. The largest absolute Gasteiger partial charge is 0.493 e. The van der Waals surface area contributed by atoms with Gasteiger partial charge in [0.1, 0.15) is 17.6 Å². The molecule has 17 heteroatoms. The zero-order chi connectivity index (χ0) is 46.9. The Balaban J connectivity index is 0.668. The molecule has 0 spiro atoms. The van der Waals surface area contributed by atoms with Gasteiger partial charge in [-0.2, -0.15) is 0 Å². The number of fused-ring (bicyclic) bond motifs is 3. The Hall–Kier alpha value is -6.27. The van der Waals surface area contributed by atoms with Crippen LogP contribution >= 0.6 is 0 Å². The Morgan fingerprint density at radius 2 is 1.67 bits per heavy atom. The summed E-state index contributed by atoms with van der Waals surface area (Å²) in [7, 11) is 0. The molecule has 0 radical (unpaired) electrons. The van der Waals surface area contributed by atoms with Crippen molar-refractivity contribution in [3.63, 3.8) is 0 Å². The topological polar surface area (TPSA) is 217 Å². The van der Waals surface area contributed by atoms with Crippen molar-refractivity contribution < 1.29 is 52.8 Å². The highest BCUT2D eigenvalue weighted by molar-refractivity contribution is 6.24. The number of carbonyl (C=O) groups is 6. The summed E-state index contributed by atoms with van der Waals surface area (Å²) < 4.78 is 25.1. The normalized spacial score (nSPS) is 17.4. The summed E-state index contributed by atoms with van der Waals surface area (Å²) in [6.45, 7) is 5.32. The number of aliphatic hydroxyl groups excluding tert-OH is 1. The number of hydrogen-bond donors (Lipinski definition) is 4. The minimum absolute atomic E-state index is 0.0646. The maximum absolute atomic E-state index is 13.6. The van der Waals surface area contributed by atoms with Gasteiger partial charge >= 0.3 is 0 Å². The number of nitrogens with one attached hydrogen (secondary N) is 3. The summed E-state index contributed by atoms with van der Waals surface area (Å²) in [5.41, 5.74) is 7.38. The first-order valence-corrected chi connectivity index (χ1v) is 23.3. The first kappa shape index (κ1) is 47.2. The second kappa shape index (κ2) is 22.0. The number of hydrogen-bond acceptors (Lipinski definition) is 12. The first-order valence-electron chi connectivity index (χ1n) is 23.3. The average molecular weight is 919 g/mol. The molecule has 1 saturated heterocycles. The summed E-state index contributed by atoms with van der Waals surface area (Å²) in [4.78, 5) is 82.1. The predicted octanol–water partition coefficient (Wildman–Crippen LogP) is 4.07. The maximum atomic E-state index is 13.6. The number of aliphatic hydroxyl groups is 1. The Kier molecular flexibility index (Phi) is 15.5. The van der Waals surface area contributed by atoms with E-state index in [1.807, 2.05) is 6.92 Å². The Morgan fingerprint density at radius 3 is 2.46 bits per heavy atom. The van der Waals surface area contributed by atoms with Gasteiger partial charge in [0, 0.05) is 56.3 Å². The van der Waals surface area contributed by atoms with Crippen molar-refractivity contribution in [1.29, 1.82) is 0 Å². The molecular weight excluding hydrogens is 861 g/mol. The third-order valence-electron chi connectivity index (χ3n) is 12.8. The highest BCUT2D eigenvalue weighted by Crippen LogP contribution is 2.36. The van der Waals surface area contributed by atoms with Gasteiger partial charge in [-0.25, -0.2) is 4.98 Å². The maximum Gasteiger partial charge on any atom is 0.262 e. The van der Waals surface area contributed by atoms with E-state index in [-0.39, 0.29) is 55.9 Å². The van der Waals surface area contributed by atoms with Crippen molar-refractivity contribution in [2.45, 2.75) is 96.4 Å². The molecule has 3 aliphatic heterocycles. The van der Waals surface area contributed by atoms with Gasteiger partial charge in [-0.05, 0) is 104 Å². The Bertz CT molecular complexity index is 2500. The monoisotopic (exact) mass is 918 g/mol. The molecule has 1 aliphatic carbocycles. The number of ether oxygens (including phenoxy) is 4. The van der Waals surface area contributed by atoms with Crippen LogP contribution in [0.1, 0.15) is 116 Å². The summed E-state index contributed by atoms with van der Waals surface area (Å²) in [5.74, 6) is -0.850. The van der Waals surface area contributed by atoms with Crippen LogP contribution in [0.4, 0.5) is 0 Å². The van der Waals surface area contributed by atoms with Crippen molar-refractivity contribution in [3.8, 4) is 17.0 Å². The number of amides is 6. The SMILES string of the molecule is Cc1c(CO)cc(C(=O)N[C@@H]2CCc3ccc(-c4cn5c(n4)CCC5)cc32)cc1OCCCNC(=O)CCOCCOCCOCCCc1cccc2c1C(=O)N(C1CCC(=O)NC1=O)C2=O. The van der Waals surface area contributed by atoms with Crippen molar-refractivity contribution in [2.75, 3.05) is 52.8 Å². The molecular formula is C50H58N6O11. The van der Waals surface area contributed by atoms with E-state index in [4.69, 9.17) is 23.9 Å². The minimum Gasteiger partial charge on any atom is -0.493 e. The van der Waals surface area contributed by atoms with Gasteiger partial charge in [0.05, 0.1) is 69.1 Å². The van der Waals surface area contributed by atoms with Crippen molar-refractivity contribution in [3.05, 3.63) is 105 Å². The lowest BCUT2D eigenvalue weighted by Gasteiger charge is -2.27. The van der Waals surface area contributed by atoms with Crippen LogP contribution in [0.5, 0.6) is 5.75 Å². The fourth-order valence-electron chi connectivity index (χ4n) is 9.17. The first-order chi connectivity index (χ1) is 32.6. The number of piperidine rings is 1. The minimum atomic E-state index is -1.01. The lowest BCUT2D eigenvalue weighted by Crippen LogP contribution is -2.54. The highest BCUT2D eigenvalue weighted by atomic mass is 16.5. The molecule has 67 heavy (non-hydrogen) atoms. The van der Waals surface area contributed by atoms with Crippen LogP contribution in [0.2, 0.25) is 0 Å². The van der Waals surface area contributed by atoms with Crippen LogP contribution in [0.15, 0.2) is 54.7 Å². The van der Waals surface area contributed by atoms with E-state index < -0.39 is 29.7 Å². The standard InChI is InChI=1S/C50H58N6O11/c1-31-36(30-57)26-35(47(60)53-39-13-12-32-10-11-34(27-38(32)39)40-29-55-18-3-9-43(55)52-40)28-42(31)67-20-5-17-51-44(58)16-21-65-23-25-66-24-22-64-19-4-7-33-6-2-8-37-46(33)50(63)56(49(37)62)41-14-15-45(59)54-48(41)61/h2,6,8,10-11,26-29,39,41,57H,3-5,7,9,12-25,30H2,1H3,(H,51,58)(H,53,60)(H,54,59,61)/t39-,41?/m1/s1. The molecule has 354 valence electrons. The second-order valence-corrected chi connectivity index (χ2v) is 17.3. The van der Waals surface area contributed by atoms with E-state index in [1.54, 1.807) is 30.3 Å². The number of nitrogens with zero attached hydrogens (tertiary/aromatic N) is 3. The third kappa shape index (κ3) is 11.1. The molecule has 0 saturated carbocycles. The second-order valence-electron chi connectivity index (χ2n) is 17.3. The third-order valence-corrected chi connectivity index (χ3v) is 12.8. The molecule has 17 nitrogen and oxygen atoms in total. The van der Waals surface area contributed by atoms with Gasteiger partial charge in [0.2, 0.25) is 17.7 Å². The molecule has 4 heterocycles. The number of rotatable bonds is 23. The van der Waals surface area contributed by atoms with Gasteiger partial charge in [-0.3, -0.25) is 39.0 Å². The van der Waals surface area contributed by atoms with E-state index in [0.717, 1.165) is 65.3 Å². The average Bonchev–Trinajstić information content (AvgIpc) is 4.10. The molecule has 1 aromatic heterocycles. The van der Waals surface area contributed by atoms with Gasteiger partial charge in [-0.15, -0.1) is 0 Å². The molecule has 1 fully saturated rings. The van der Waals surface area contributed by atoms with E-state index in [2.05, 4.69) is 44.9 Å². The van der Waals surface area contributed by atoms with E-state index in [9.17, 15) is 33.9 Å². The molecule has 3 aromatic carbocycles. The van der Waals surface area contributed by atoms with E-state index in [0.29, 0.717) is 93.5 Å². The molecule has 2 atom stereocenters. The van der Waals surface area contributed by atoms with Crippen LogP contribution in [-0.4, -0.2) is 114 Å². The lowest BCUT2D eigenvalue weighted by atomic mass is 9.99. The number of benzene rings is 3. The number of imide groups is 2. The zero-order valence-corrected chi connectivity index (χ0v) is 37.9. The van der Waals surface area contributed by atoms with Crippen molar-refractivity contribution in [1.82, 2.24) is 30.4 Å². The Morgan fingerprint density at radius 1 is 0.866 bits per heavy atom. The molecule has 1 unspecified atom stereocenters. The van der Waals surface area contributed by atoms with Gasteiger partial charge < -0.3 is 39.3 Å². The Labute approximate surface area is 388 Å². The number of carbonyl (C=O) groups excluding carboxylic acids is 6. The molecule has 6 amide bonds. The van der Waals surface area contributed by atoms with Crippen LogP contribution in [0.25, 0.3) is 11.3 Å². The zero-order valence-electron chi connectivity index (χ0n) is 37.9. The highest BCUT2D eigenvalue weighted by Gasteiger charge is 2.45. The molecule has 4 N–H and O–H groups in total. The van der Waals surface area contributed by atoms with Crippen LogP contribution in [0.3, 0.4) is 0 Å². The molecule has 8 rings (SSSR count). The van der Waals surface area contributed by atoms with Crippen LogP contribution < -0.4 is 20.7 Å². The lowest BCUT2D eigenvalue weighted by molar-refractivity contribution is -0.136. The molecule has 0 bridgehead atoms. The quantitative estimate of drug-likeness (QED) is 0.0612. The fraction of sp³-hybridized carbons (Fsp3) is 0.460. The summed E-state index contributed by atoms with van der Waals surface area (Å²) in [6.07, 6.45) is 7.91. The smallest absolute Gasteiger partial charge is 0.262 e. The van der Waals surface area contributed by atoms with Gasteiger partial charge in [0.15, 0.2) is 0 Å². The number of imidazole rings is 1. The van der Waals surface area contributed by atoms with Crippen LogP contribution in [0, 0.1) is 6.92 Å². The van der Waals surface area contributed by atoms with E-state index >= 15 is 0 Å². The van der Waals surface area contributed by atoms with Gasteiger partial charge in [-0.1, -0.05) is 24.3 Å². The summed E-state index contributed by atoms with van der Waals surface area (Å²) in [5, 5.41) is 18.4. The fourth-order valence-corrected chi connectivity index (χ4v) is 9.17. The molecule has 4 aromatic rings. The van der Waals surface area contributed by atoms with Crippen LogP contribution in [-0.2, 0) is 61.0 Å². The predicted molar refractivity (Wildman–Crippen MR) is 243 cm³/mol. The summed E-state index contributed by atoms with van der Waals surface area (Å²) >= 11 is 0. The molecule has 4 aliphatic rings. The van der Waals surface area contributed by atoms with Gasteiger partial charge in [0.25, 0.3) is 17.7 Å².